The number of halogens is 2. The minimum absolute atomic E-state index is 0.110. The summed E-state index contributed by atoms with van der Waals surface area (Å²) in [5.74, 6) is 0.0669. The number of benzene rings is 3. The molecule has 4 rings (SSSR count). The molecule has 0 unspecified atom stereocenters. The first kappa shape index (κ1) is 25.1. The largest absolute Gasteiger partial charge is 0.504 e. The molecule has 0 saturated heterocycles. The molecule has 0 aliphatic carbocycles. The maximum Gasteiger partial charge on any atom is 0.224 e. The quantitative estimate of drug-likeness (QED) is 0.236. The zero-order valence-corrected chi connectivity index (χ0v) is 21.2. The monoisotopic (exact) mass is 519 g/mol. The van der Waals surface area contributed by atoms with E-state index in [1.54, 1.807) is 30.7 Å². The number of nitriles is 1. The second-order valence-corrected chi connectivity index (χ2v) is 8.91. The number of carbonyl (C=O) groups is 1. The van der Waals surface area contributed by atoms with E-state index in [4.69, 9.17) is 23.2 Å². The van der Waals surface area contributed by atoms with Crippen LogP contribution in [0.2, 0.25) is 10.0 Å². The van der Waals surface area contributed by atoms with E-state index in [-0.39, 0.29) is 35.3 Å². The Morgan fingerprint density at radius 1 is 1.11 bits per heavy atom. The third-order valence-corrected chi connectivity index (χ3v) is 6.24. The topological polar surface area (TPSA) is 103 Å². The number of rotatable bonds is 7. The van der Waals surface area contributed by atoms with Crippen LogP contribution in [0, 0.1) is 18.3 Å². The van der Waals surface area contributed by atoms with E-state index in [2.05, 4.69) is 21.8 Å². The molecule has 1 heterocycles. The van der Waals surface area contributed by atoms with E-state index in [0.717, 1.165) is 16.8 Å². The van der Waals surface area contributed by atoms with Crippen LogP contribution >= 0.6 is 23.2 Å². The Labute approximate surface area is 218 Å². The Morgan fingerprint density at radius 2 is 1.89 bits per heavy atom. The predicted octanol–water partition coefficient (Wildman–Crippen LogP) is 6.69. The van der Waals surface area contributed by atoms with Crippen molar-refractivity contribution >= 4 is 40.6 Å². The lowest BCUT2D eigenvalue weighted by atomic mass is 10.1. The van der Waals surface area contributed by atoms with Crippen molar-refractivity contribution in [3.8, 4) is 28.6 Å². The van der Waals surface area contributed by atoms with Gasteiger partial charge in [0.15, 0.2) is 5.75 Å². The summed E-state index contributed by atoms with van der Waals surface area (Å²) in [5.41, 5.74) is 4.45. The molecule has 1 aromatic heterocycles. The molecule has 0 aliphatic rings. The highest BCUT2D eigenvalue weighted by molar-refractivity contribution is 6.33. The van der Waals surface area contributed by atoms with Gasteiger partial charge in [-0.2, -0.15) is 10.4 Å². The number of hydrogen-bond acceptors (Lipinski definition) is 5. The number of hydrogen-bond donors (Lipinski definition) is 3. The summed E-state index contributed by atoms with van der Waals surface area (Å²) >= 11 is 12.6. The van der Waals surface area contributed by atoms with Gasteiger partial charge in [0.2, 0.25) is 5.91 Å². The fourth-order valence-electron chi connectivity index (χ4n) is 3.79. The molecule has 4 aromatic rings. The van der Waals surface area contributed by atoms with Crippen LogP contribution in [-0.4, -0.2) is 20.8 Å². The molecule has 1 amide bonds. The summed E-state index contributed by atoms with van der Waals surface area (Å²) < 4.78 is 1.68. The average molecular weight is 520 g/mol. The van der Waals surface area contributed by atoms with Gasteiger partial charge in [0.05, 0.1) is 22.1 Å². The van der Waals surface area contributed by atoms with Gasteiger partial charge in [-0.1, -0.05) is 60.5 Å². The SMILES string of the molecule is CCC(=O)Nc1cc(CNc2c(C#N)c(C)nn2-c2cccc(-c3ccccc3Cl)c2)cc(Cl)c1O. The van der Waals surface area contributed by atoms with Crippen molar-refractivity contribution in [1.29, 1.82) is 5.26 Å². The second kappa shape index (κ2) is 10.7. The number of nitrogens with one attached hydrogen (secondary N) is 2. The summed E-state index contributed by atoms with van der Waals surface area (Å²) in [5, 5.41) is 31.3. The highest BCUT2D eigenvalue weighted by Crippen LogP contribution is 2.34. The number of aromatic hydroxyl groups is 1. The van der Waals surface area contributed by atoms with Gasteiger partial charge in [-0.3, -0.25) is 4.79 Å². The highest BCUT2D eigenvalue weighted by atomic mass is 35.5. The number of aryl methyl sites for hydroxylation is 1. The second-order valence-electron chi connectivity index (χ2n) is 8.09. The molecule has 3 aromatic carbocycles. The first-order chi connectivity index (χ1) is 17.3. The molecule has 0 aliphatic heterocycles. The molecule has 36 heavy (non-hydrogen) atoms. The van der Waals surface area contributed by atoms with Crippen LogP contribution in [0.25, 0.3) is 16.8 Å². The maximum atomic E-state index is 11.8. The van der Waals surface area contributed by atoms with Gasteiger partial charge < -0.3 is 15.7 Å². The van der Waals surface area contributed by atoms with E-state index < -0.39 is 0 Å². The van der Waals surface area contributed by atoms with Crippen molar-refractivity contribution in [2.45, 2.75) is 26.8 Å². The van der Waals surface area contributed by atoms with Crippen LogP contribution in [0.1, 0.15) is 30.2 Å². The summed E-state index contributed by atoms with van der Waals surface area (Å²) in [4.78, 5) is 11.8. The van der Waals surface area contributed by atoms with Crippen molar-refractivity contribution in [3.63, 3.8) is 0 Å². The lowest BCUT2D eigenvalue weighted by Gasteiger charge is -2.14. The Bertz CT molecular complexity index is 1490. The Kier molecular flexibility index (Phi) is 7.49. The first-order valence-electron chi connectivity index (χ1n) is 11.2. The Hall–Kier alpha value is -3.99. The molecule has 0 fully saturated rings. The summed E-state index contributed by atoms with van der Waals surface area (Å²) in [6, 6.07) is 20.8. The summed E-state index contributed by atoms with van der Waals surface area (Å²) in [6.07, 6.45) is 0.261. The number of aromatic nitrogens is 2. The zero-order chi connectivity index (χ0) is 25.8. The number of amides is 1. The fourth-order valence-corrected chi connectivity index (χ4v) is 4.28. The van der Waals surface area contributed by atoms with Crippen LogP contribution in [-0.2, 0) is 11.3 Å². The average Bonchev–Trinajstić information content (AvgIpc) is 3.20. The summed E-state index contributed by atoms with van der Waals surface area (Å²) in [6.45, 7) is 3.75. The molecule has 3 N–H and O–H groups in total. The van der Waals surface area contributed by atoms with Gasteiger partial charge in [-0.25, -0.2) is 4.68 Å². The van der Waals surface area contributed by atoms with E-state index in [1.165, 1.54) is 0 Å². The van der Waals surface area contributed by atoms with Gasteiger partial charge >= 0.3 is 0 Å². The normalized spacial score (nSPS) is 10.6. The Morgan fingerprint density at radius 3 is 2.61 bits per heavy atom. The van der Waals surface area contributed by atoms with Crippen LogP contribution < -0.4 is 10.6 Å². The molecule has 0 spiro atoms. The van der Waals surface area contributed by atoms with Crippen molar-refractivity contribution in [2.75, 3.05) is 10.6 Å². The predicted molar refractivity (Wildman–Crippen MR) is 143 cm³/mol. The highest BCUT2D eigenvalue weighted by Gasteiger charge is 2.18. The minimum Gasteiger partial charge on any atom is -0.504 e. The smallest absolute Gasteiger partial charge is 0.224 e. The van der Waals surface area contributed by atoms with Crippen molar-refractivity contribution in [3.05, 3.63) is 87.5 Å². The number of phenols is 1. The van der Waals surface area contributed by atoms with Gasteiger partial charge in [0.25, 0.3) is 0 Å². The van der Waals surface area contributed by atoms with Crippen molar-refractivity contribution in [2.24, 2.45) is 0 Å². The number of nitrogens with zero attached hydrogens (tertiary/aromatic N) is 3. The molecule has 0 atom stereocenters. The van der Waals surface area contributed by atoms with E-state index in [0.29, 0.717) is 27.7 Å². The van der Waals surface area contributed by atoms with Crippen molar-refractivity contribution < 1.29 is 9.90 Å². The lowest BCUT2D eigenvalue weighted by Crippen LogP contribution is -2.11. The number of phenolic OH excluding ortho intramolecular Hbond substituents is 1. The van der Waals surface area contributed by atoms with Gasteiger partial charge in [-0.15, -0.1) is 0 Å². The first-order valence-corrected chi connectivity index (χ1v) is 12.0. The lowest BCUT2D eigenvalue weighted by molar-refractivity contribution is -0.115. The summed E-state index contributed by atoms with van der Waals surface area (Å²) in [7, 11) is 0. The van der Waals surface area contributed by atoms with E-state index >= 15 is 0 Å². The molecule has 7 nitrogen and oxygen atoms in total. The molecule has 0 saturated carbocycles. The molecule has 0 radical (unpaired) electrons. The fraction of sp³-hybridized carbons (Fsp3) is 0.148. The van der Waals surface area contributed by atoms with E-state index in [1.807, 2.05) is 48.5 Å². The third kappa shape index (κ3) is 5.15. The van der Waals surface area contributed by atoms with Crippen LogP contribution in [0.15, 0.2) is 60.7 Å². The van der Waals surface area contributed by atoms with E-state index in [9.17, 15) is 15.2 Å². The Balaban J connectivity index is 1.69. The van der Waals surface area contributed by atoms with Gasteiger partial charge in [-0.05, 0) is 48.4 Å². The van der Waals surface area contributed by atoms with Crippen molar-refractivity contribution in [1.82, 2.24) is 9.78 Å². The molecule has 0 bridgehead atoms. The van der Waals surface area contributed by atoms with Crippen LogP contribution in [0.5, 0.6) is 5.75 Å². The van der Waals surface area contributed by atoms with Crippen LogP contribution in [0.4, 0.5) is 11.5 Å². The van der Waals surface area contributed by atoms with Gasteiger partial charge in [0.1, 0.15) is 17.5 Å². The molecular weight excluding hydrogens is 497 g/mol. The maximum absolute atomic E-state index is 11.8. The molecule has 182 valence electrons. The zero-order valence-electron chi connectivity index (χ0n) is 19.6. The number of anilines is 2. The third-order valence-electron chi connectivity index (χ3n) is 5.63. The molecular formula is C27H23Cl2N5O2. The minimum atomic E-state index is -0.245. The standard InChI is InChI=1S/C27H23Cl2N5O2/c1-3-25(35)32-24-12-17(11-23(29)26(24)36)15-31-27-21(14-30)16(2)33-34(27)19-8-6-7-18(13-19)20-9-4-5-10-22(20)28/h4-13,31,36H,3,15H2,1-2H3,(H,32,35). The number of carbonyl (C=O) groups excluding carboxylic acids is 1. The van der Waals surface area contributed by atoms with Gasteiger partial charge in [0, 0.05) is 23.6 Å². The van der Waals surface area contributed by atoms with Crippen LogP contribution in [0.3, 0.4) is 0 Å². The molecule has 9 heteroatoms.